The molecular formula is C24H39O3PS. The normalized spacial score (nSPS) is 27.4. The molecule has 1 N–H and O–H groups in total. The Morgan fingerprint density at radius 2 is 1.55 bits per heavy atom. The van der Waals surface area contributed by atoms with Gasteiger partial charge in [0.1, 0.15) is 17.3 Å². The van der Waals surface area contributed by atoms with Gasteiger partial charge in [-0.25, -0.2) is 0 Å². The third kappa shape index (κ3) is 5.02. The van der Waals surface area contributed by atoms with E-state index in [4.69, 9.17) is 21.3 Å². The van der Waals surface area contributed by atoms with Gasteiger partial charge in [-0.2, -0.15) is 0 Å². The quantitative estimate of drug-likeness (QED) is 0.318. The van der Waals surface area contributed by atoms with E-state index in [1.165, 1.54) is 38.5 Å². The predicted octanol–water partition coefficient (Wildman–Crippen LogP) is 6.93. The van der Waals surface area contributed by atoms with Crippen molar-refractivity contribution in [3.63, 3.8) is 0 Å². The Bertz CT molecular complexity index is 694. The maximum Gasteiger partial charge on any atom is 0.129 e. The van der Waals surface area contributed by atoms with Crippen LogP contribution in [0.25, 0.3) is 0 Å². The summed E-state index contributed by atoms with van der Waals surface area (Å²) in [6.07, 6.45) is 11.6. The van der Waals surface area contributed by atoms with E-state index in [9.17, 15) is 5.11 Å². The van der Waals surface area contributed by atoms with Gasteiger partial charge in [-0.15, -0.1) is 0 Å². The van der Waals surface area contributed by atoms with Crippen molar-refractivity contribution in [2.24, 2.45) is 0 Å². The van der Waals surface area contributed by atoms with E-state index in [1.54, 1.807) is 0 Å². The van der Waals surface area contributed by atoms with E-state index < -0.39 is 11.9 Å². The first-order valence-electron chi connectivity index (χ1n) is 11.7. The fourth-order valence-electron chi connectivity index (χ4n) is 5.10. The molecule has 1 atom stereocenters. The molecule has 3 nitrogen and oxygen atoms in total. The van der Waals surface area contributed by atoms with Crippen LogP contribution < -0.4 is 9.47 Å². The van der Waals surface area contributed by atoms with Crippen LogP contribution in [0, 0.1) is 6.92 Å². The summed E-state index contributed by atoms with van der Waals surface area (Å²) in [5, 5.41) is 11.8. The molecule has 3 rings (SSSR count). The molecule has 29 heavy (non-hydrogen) atoms. The van der Waals surface area contributed by atoms with Crippen LogP contribution in [0.4, 0.5) is 0 Å². The van der Waals surface area contributed by atoms with Crippen molar-refractivity contribution < 1.29 is 14.6 Å². The van der Waals surface area contributed by atoms with Gasteiger partial charge >= 0.3 is 0 Å². The summed E-state index contributed by atoms with van der Waals surface area (Å²) in [7, 11) is 0. The minimum absolute atomic E-state index is 0.545. The molecule has 2 aliphatic rings. The molecule has 2 saturated heterocycles. The molecule has 1 aromatic rings. The Labute approximate surface area is 182 Å². The zero-order valence-corrected chi connectivity index (χ0v) is 20.2. The van der Waals surface area contributed by atoms with Crippen molar-refractivity contribution in [3.05, 3.63) is 23.3 Å². The molecule has 164 valence electrons. The van der Waals surface area contributed by atoms with Crippen molar-refractivity contribution in [1.29, 1.82) is 0 Å². The Kier molecular flexibility index (Phi) is 8.48. The van der Waals surface area contributed by atoms with Crippen LogP contribution >= 0.6 is 6.04 Å². The van der Waals surface area contributed by atoms with Crippen molar-refractivity contribution in [3.8, 4) is 11.5 Å². The molecule has 0 radical (unpaired) electrons. The van der Waals surface area contributed by atoms with Crippen LogP contribution in [0.3, 0.4) is 0 Å². The molecule has 0 amide bonds. The fraction of sp³-hybridized carbons (Fsp3) is 0.750. The largest absolute Gasteiger partial charge is 0.493 e. The molecule has 2 heterocycles. The zero-order valence-electron chi connectivity index (χ0n) is 18.5. The average Bonchev–Trinajstić information content (AvgIpc) is 2.67. The molecule has 1 unspecified atom stereocenters. The highest BCUT2D eigenvalue weighted by Gasteiger charge is 2.47. The standard InChI is InChI=1S/C24H39O3PS/c1-4-6-14-26-19-16-18(3)23(22(17-19)27-15-7-5-2)24(25)28(29)20-10-8-11-21(28)13-9-12-20/h16-17,20-21,24-25H,4-15H2,1-3H3. The van der Waals surface area contributed by atoms with E-state index in [-0.39, 0.29) is 0 Å². The highest BCUT2D eigenvalue weighted by molar-refractivity contribution is 8.15. The summed E-state index contributed by atoms with van der Waals surface area (Å²) in [6.45, 7) is 7.81. The zero-order chi connectivity index (χ0) is 20.9. The van der Waals surface area contributed by atoms with Gasteiger partial charge < -0.3 is 14.6 Å². The van der Waals surface area contributed by atoms with Crippen molar-refractivity contribution in [1.82, 2.24) is 0 Å². The van der Waals surface area contributed by atoms with E-state index >= 15 is 0 Å². The number of aliphatic hydroxyl groups excluding tert-OH is 1. The lowest BCUT2D eigenvalue weighted by molar-refractivity contribution is 0.237. The summed E-state index contributed by atoms with van der Waals surface area (Å²) in [5.41, 5.74) is 3.10. The number of rotatable bonds is 10. The van der Waals surface area contributed by atoms with Gasteiger partial charge in [-0.1, -0.05) is 51.3 Å². The summed E-state index contributed by atoms with van der Waals surface area (Å²) < 4.78 is 12.2. The van der Waals surface area contributed by atoms with Crippen LogP contribution in [0.15, 0.2) is 12.1 Å². The van der Waals surface area contributed by atoms with Gasteiger partial charge in [-0.05, 0) is 74.4 Å². The molecular weight excluding hydrogens is 399 g/mol. The van der Waals surface area contributed by atoms with E-state index in [1.807, 2.05) is 6.07 Å². The number of unbranched alkanes of at least 4 members (excludes halogenated alkanes) is 2. The molecule has 0 spiro atoms. The second-order valence-electron chi connectivity index (χ2n) is 8.86. The first-order chi connectivity index (χ1) is 14.0. The number of hydrogen-bond donors (Lipinski definition) is 1. The summed E-state index contributed by atoms with van der Waals surface area (Å²) >= 11 is 6.40. The number of aliphatic hydroxyl groups is 1. The lowest BCUT2D eigenvalue weighted by atomic mass is 9.99. The SMILES string of the molecule is CCCCOc1cc(C)c(C(O)P2(=S)C3CCCC2CCC3)c(OCCCC)c1. The monoisotopic (exact) mass is 438 g/mol. The molecule has 0 aromatic heterocycles. The predicted molar refractivity (Wildman–Crippen MR) is 127 cm³/mol. The lowest BCUT2D eigenvalue weighted by Gasteiger charge is -2.48. The van der Waals surface area contributed by atoms with Crippen LogP contribution in [0.5, 0.6) is 11.5 Å². The Morgan fingerprint density at radius 3 is 2.10 bits per heavy atom. The second-order valence-corrected chi connectivity index (χ2v) is 14.2. The first-order valence-corrected chi connectivity index (χ1v) is 14.7. The number of aryl methyl sites for hydroxylation is 1. The van der Waals surface area contributed by atoms with Crippen molar-refractivity contribution in [2.45, 2.75) is 102 Å². The molecule has 2 fully saturated rings. The van der Waals surface area contributed by atoms with Gasteiger partial charge in [0.15, 0.2) is 0 Å². The Morgan fingerprint density at radius 1 is 1.00 bits per heavy atom. The summed E-state index contributed by atoms with van der Waals surface area (Å²) in [6, 6.07) is 2.16. The fourth-order valence-corrected chi connectivity index (χ4v) is 11.2. The van der Waals surface area contributed by atoms with Crippen LogP contribution in [-0.4, -0.2) is 29.6 Å². The van der Waals surface area contributed by atoms with Gasteiger partial charge in [0, 0.05) is 11.6 Å². The second kappa shape index (κ2) is 10.6. The van der Waals surface area contributed by atoms with Gasteiger partial charge in [0.2, 0.25) is 0 Å². The smallest absolute Gasteiger partial charge is 0.129 e. The minimum Gasteiger partial charge on any atom is -0.493 e. The third-order valence-corrected chi connectivity index (χ3v) is 13.5. The minimum atomic E-state index is -1.91. The summed E-state index contributed by atoms with van der Waals surface area (Å²) in [4.78, 5) is 0. The third-order valence-electron chi connectivity index (χ3n) is 6.78. The van der Waals surface area contributed by atoms with Crippen LogP contribution in [0.1, 0.15) is 95.0 Å². The Balaban J connectivity index is 1.94. The van der Waals surface area contributed by atoms with Gasteiger partial charge in [0.25, 0.3) is 0 Å². The highest BCUT2D eigenvalue weighted by atomic mass is 32.4. The molecule has 0 aliphatic carbocycles. The molecule has 2 bridgehead atoms. The van der Waals surface area contributed by atoms with Crippen LogP contribution in [0.2, 0.25) is 0 Å². The number of ether oxygens (including phenoxy) is 2. The average molecular weight is 439 g/mol. The molecule has 5 heteroatoms. The summed E-state index contributed by atoms with van der Waals surface area (Å²) in [5.74, 6) is 1.10. The van der Waals surface area contributed by atoms with Crippen molar-refractivity contribution in [2.75, 3.05) is 13.2 Å². The van der Waals surface area contributed by atoms with E-state index in [2.05, 4.69) is 26.8 Å². The van der Waals surface area contributed by atoms with Crippen LogP contribution in [-0.2, 0) is 11.8 Å². The highest BCUT2D eigenvalue weighted by Crippen LogP contribution is 2.74. The number of hydrogen-bond acceptors (Lipinski definition) is 4. The van der Waals surface area contributed by atoms with Gasteiger partial charge in [-0.3, -0.25) is 0 Å². The maximum absolute atomic E-state index is 11.8. The lowest BCUT2D eigenvalue weighted by Crippen LogP contribution is -2.32. The van der Waals surface area contributed by atoms with E-state index in [0.717, 1.165) is 48.3 Å². The van der Waals surface area contributed by atoms with Crippen molar-refractivity contribution >= 4 is 17.8 Å². The van der Waals surface area contributed by atoms with E-state index in [0.29, 0.717) is 24.5 Å². The number of fused-ring (bicyclic) bond motifs is 2. The van der Waals surface area contributed by atoms with Gasteiger partial charge in [0.05, 0.1) is 13.2 Å². The molecule has 1 aromatic carbocycles. The first kappa shape index (κ1) is 23.1. The molecule has 0 saturated carbocycles. The number of benzene rings is 1. The topological polar surface area (TPSA) is 38.7 Å². The maximum atomic E-state index is 11.8. The molecule has 2 aliphatic heterocycles. The Hall–Kier alpha value is -0.570.